The Morgan fingerprint density at radius 2 is 1.91 bits per heavy atom. The lowest BCUT2D eigenvalue weighted by Gasteiger charge is -2.36. The lowest BCUT2D eigenvalue weighted by Crippen LogP contribution is -2.38. The molecule has 2 heterocycles. The Balaban J connectivity index is 2.00. The van der Waals surface area contributed by atoms with Crippen molar-refractivity contribution in [1.29, 1.82) is 0 Å². The summed E-state index contributed by atoms with van der Waals surface area (Å²) < 4.78 is 5.50. The van der Waals surface area contributed by atoms with Gasteiger partial charge >= 0.3 is 5.97 Å². The van der Waals surface area contributed by atoms with Crippen molar-refractivity contribution in [1.82, 2.24) is 10.2 Å². The van der Waals surface area contributed by atoms with E-state index in [4.69, 9.17) is 4.74 Å². The number of fused-ring (bicyclic) bond motifs is 1. The number of hydrogen-bond acceptors (Lipinski definition) is 8. The summed E-state index contributed by atoms with van der Waals surface area (Å²) in [6, 6.07) is 5.44. The summed E-state index contributed by atoms with van der Waals surface area (Å²) >= 11 is 1.38. The molecule has 2 aliphatic rings. The molecular weight excluding hydrogens is 444 g/mol. The molecule has 1 N–H and O–H groups in total. The van der Waals surface area contributed by atoms with E-state index in [9.17, 15) is 19.7 Å². The first-order valence-corrected chi connectivity index (χ1v) is 11.6. The SMILES string of the molecule is CC1=C(C(=O)OC(C)C)C(c2ccc([N+](=O)[O-])cc2)N2C(CC(=O)NCC(C)C)=CSC2=N1. The lowest BCUT2D eigenvalue weighted by atomic mass is 9.93. The summed E-state index contributed by atoms with van der Waals surface area (Å²) in [6.45, 7) is 9.88. The molecule has 9 nitrogen and oxygen atoms in total. The molecule has 0 saturated heterocycles. The Morgan fingerprint density at radius 3 is 2.48 bits per heavy atom. The minimum absolute atomic E-state index is 0.0462. The van der Waals surface area contributed by atoms with Crippen molar-refractivity contribution in [2.75, 3.05) is 6.54 Å². The number of nitrogens with zero attached hydrogens (tertiary/aromatic N) is 3. The van der Waals surface area contributed by atoms with E-state index in [0.717, 1.165) is 0 Å². The van der Waals surface area contributed by atoms with Gasteiger partial charge in [-0.2, -0.15) is 0 Å². The highest BCUT2D eigenvalue weighted by Gasteiger charge is 2.41. The van der Waals surface area contributed by atoms with Crippen LogP contribution in [0.4, 0.5) is 5.69 Å². The summed E-state index contributed by atoms with van der Waals surface area (Å²) in [7, 11) is 0. The molecule has 33 heavy (non-hydrogen) atoms. The van der Waals surface area contributed by atoms with Crippen molar-refractivity contribution in [3.63, 3.8) is 0 Å². The maximum Gasteiger partial charge on any atom is 0.338 e. The van der Waals surface area contributed by atoms with Crippen molar-refractivity contribution >= 4 is 34.5 Å². The number of amides is 1. The van der Waals surface area contributed by atoms with Crippen LogP contribution < -0.4 is 5.32 Å². The van der Waals surface area contributed by atoms with E-state index in [1.807, 2.05) is 24.2 Å². The number of non-ortho nitro benzene ring substituents is 1. The van der Waals surface area contributed by atoms with Gasteiger partial charge in [0.1, 0.15) is 0 Å². The Hall–Kier alpha value is -3.14. The molecule has 1 amide bonds. The van der Waals surface area contributed by atoms with Crippen LogP contribution in [0, 0.1) is 16.0 Å². The number of carbonyl (C=O) groups excluding carboxylic acids is 2. The number of nitro benzene ring substituents is 1. The van der Waals surface area contributed by atoms with Gasteiger partial charge in [-0.25, -0.2) is 9.79 Å². The second-order valence-corrected chi connectivity index (χ2v) is 9.41. The molecule has 0 spiro atoms. The van der Waals surface area contributed by atoms with Crippen LogP contribution in [0.2, 0.25) is 0 Å². The third-order valence-electron chi connectivity index (χ3n) is 5.03. The van der Waals surface area contributed by atoms with E-state index < -0.39 is 16.9 Å². The van der Waals surface area contributed by atoms with Gasteiger partial charge < -0.3 is 15.0 Å². The molecular formula is C23H28N4O5S. The molecule has 0 fully saturated rings. The molecule has 0 aliphatic carbocycles. The number of aliphatic imine (C=N–C) groups is 1. The predicted octanol–water partition coefficient (Wildman–Crippen LogP) is 4.28. The van der Waals surface area contributed by atoms with Crippen LogP contribution in [0.3, 0.4) is 0 Å². The maximum atomic E-state index is 13.1. The van der Waals surface area contributed by atoms with Gasteiger partial charge in [-0.1, -0.05) is 25.6 Å². The number of ether oxygens (including phenoxy) is 1. The van der Waals surface area contributed by atoms with E-state index >= 15 is 0 Å². The number of esters is 1. The first-order chi connectivity index (χ1) is 15.6. The number of amidine groups is 1. The molecule has 1 aromatic carbocycles. The van der Waals surface area contributed by atoms with E-state index in [-0.39, 0.29) is 24.1 Å². The fraction of sp³-hybridized carbons (Fsp3) is 0.435. The number of nitro groups is 1. The molecule has 2 aliphatic heterocycles. The zero-order valence-corrected chi connectivity index (χ0v) is 20.1. The van der Waals surface area contributed by atoms with E-state index in [2.05, 4.69) is 10.3 Å². The van der Waals surface area contributed by atoms with Crippen LogP contribution in [0.15, 0.2) is 51.6 Å². The van der Waals surface area contributed by atoms with Gasteiger partial charge in [0.25, 0.3) is 5.69 Å². The van der Waals surface area contributed by atoms with Crippen LogP contribution in [-0.4, -0.2) is 39.5 Å². The van der Waals surface area contributed by atoms with Gasteiger partial charge in [-0.05, 0) is 49.8 Å². The third kappa shape index (κ3) is 5.62. The van der Waals surface area contributed by atoms with Gasteiger partial charge in [0, 0.05) is 24.4 Å². The molecule has 0 aromatic heterocycles. The molecule has 1 atom stereocenters. The average Bonchev–Trinajstić information content (AvgIpc) is 3.12. The monoisotopic (exact) mass is 472 g/mol. The first kappa shape index (κ1) is 24.5. The second kappa shape index (κ2) is 10.2. The van der Waals surface area contributed by atoms with E-state index in [1.165, 1.54) is 23.9 Å². The molecule has 0 saturated carbocycles. The van der Waals surface area contributed by atoms with Crippen LogP contribution in [0.25, 0.3) is 0 Å². The van der Waals surface area contributed by atoms with Crippen LogP contribution in [0.1, 0.15) is 52.6 Å². The van der Waals surface area contributed by atoms with Gasteiger partial charge in [0.2, 0.25) is 5.91 Å². The van der Waals surface area contributed by atoms with Crippen molar-refractivity contribution in [3.05, 3.63) is 62.3 Å². The minimum atomic E-state index is -0.622. The fourth-order valence-electron chi connectivity index (χ4n) is 3.55. The number of hydrogen-bond donors (Lipinski definition) is 1. The minimum Gasteiger partial charge on any atom is -0.459 e. The maximum absolute atomic E-state index is 13.1. The fourth-order valence-corrected chi connectivity index (χ4v) is 4.51. The predicted molar refractivity (Wildman–Crippen MR) is 127 cm³/mol. The Labute approximate surface area is 197 Å². The highest BCUT2D eigenvalue weighted by atomic mass is 32.2. The number of nitrogens with one attached hydrogen (secondary N) is 1. The Morgan fingerprint density at radius 1 is 1.24 bits per heavy atom. The van der Waals surface area contributed by atoms with Gasteiger partial charge in [-0.15, -0.1) is 0 Å². The van der Waals surface area contributed by atoms with Crippen molar-refractivity contribution in [2.24, 2.45) is 10.9 Å². The van der Waals surface area contributed by atoms with Crippen LogP contribution >= 0.6 is 11.8 Å². The normalized spacial score (nSPS) is 17.7. The van der Waals surface area contributed by atoms with Crippen molar-refractivity contribution in [3.8, 4) is 0 Å². The second-order valence-electron chi connectivity index (χ2n) is 8.57. The quantitative estimate of drug-likeness (QED) is 0.341. The van der Waals surface area contributed by atoms with Crippen LogP contribution in [-0.2, 0) is 14.3 Å². The zero-order chi connectivity index (χ0) is 24.3. The molecule has 1 aromatic rings. The number of benzene rings is 1. The highest BCUT2D eigenvalue weighted by Crippen LogP contribution is 2.45. The topological polar surface area (TPSA) is 114 Å². The lowest BCUT2D eigenvalue weighted by molar-refractivity contribution is -0.384. The van der Waals surface area contributed by atoms with E-state index in [1.54, 1.807) is 32.9 Å². The largest absolute Gasteiger partial charge is 0.459 e. The van der Waals surface area contributed by atoms with Gasteiger partial charge in [0.15, 0.2) is 5.17 Å². The number of allylic oxidation sites excluding steroid dienone is 1. The number of thioether (sulfide) groups is 1. The first-order valence-electron chi connectivity index (χ1n) is 10.7. The molecule has 1 unspecified atom stereocenters. The summed E-state index contributed by atoms with van der Waals surface area (Å²) in [6.07, 6.45) is -0.209. The highest BCUT2D eigenvalue weighted by molar-refractivity contribution is 8.16. The van der Waals surface area contributed by atoms with Gasteiger partial charge in [-0.3, -0.25) is 14.9 Å². The summed E-state index contributed by atoms with van der Waals surface area (Å²) in [5.41, 5.74) is 2.18. The van der Waals surface area contributed by atoms with Crippen molar-refractivity contribution in [2.45, 2.75) is 53.2 Å². The zero-order valence-electron chi connectivity index (χ0n) is 19.3. The average molecular weight is 473 g/mol. The Bertz CT molecular complexity index is 1040. The number of rotatable bonds is 8. The van der Waals surface area contributed by atoms with Gasteiger partial charge in [0.05, 0.1) is 34.8 Å². The summed E-state index contributed by atoms with van der Waals surface area (Å²) in [4.78, 5) is 42.8. The van der Waals surface area contributed by atoms with E-state index in [0.29, 0.717) is 40.2 Å². The molecule has 3 rings (SSSR count). The summed E-state index contributed by atoms with van der Waals surface area (Å²) in [5.74, 6) is -0.310. The standard InChI is InChI=1S/C23H28N4O5S/c1-13(2)11-24-19(28)10-18-12-33-23-25-15(5)20(22(29)32-14(3)4)21(26(18)23)16-6-8-17(9-7-16)27(30)31/h6-9,12-14,21H,10-11H2,1-5H3,(H,24,28). The molecule has 176 valence electrons. The smallest absolute Gasteiger partial charge is 0.338 e. The van der Waals surface area contributed by atoms with Crippen LogP contribution in [0.5, 0.6) is 0 Å². The summed E-state index contributed by atoms with van der Waals surface area (Å²) in [5, 5.41) is 16.5. The Kier molecular flexibility index (Phi) is 7.57. The number of carbonyl (C=O) groups is 2. The molecule has 0 bridgehead atoms. The third-order valence-corrected chi connectivity index (χ3v) is 5.92. The van der Waals surface area contributed by atoms with Crippen molar-refractivity contribution < 1.29 is 19.2 Å². The molecule has 0 radical (unpaired) electrons. The molecule has 10 heteroatoms.